The van der Waals surface area contributed by atoms with Crippen LogP contribution in [0.2, 0.25) is 5.02 Å². The van der Waals surface area contributed by atoms with Gasteiger partial charge in [-0.15, -0.1) is 0 Å². The lowest BCUT2D eigenvalue weighted by Crippen LogP contribution is -2.50. The Morgan fingerprint density at radius 3 is 2.10 bits per heavy atom. The van der Waals surface area contributed by atoms with Gasteiger partial charge in [-0.25, -0.2) is 8.42 Å². The van der Waals surface area contributed by atoms with Gasteiger partial charge in [0.1, 0.15) is 12.6 Å². The zero-order valence-electron chi connectivity index (χ0n) is 18.3. The average Bonchev–Trinajstić information content (AvgIpc) is 2.70. The highest BCUT2D eigenvalue weighted by molar-refractivity contribution is 7.92. The molecule has 2 aromatic rings. The highest BCUT2D eigenvalue weighted by Crippen LogP contribution is 2.27. The van der Waals surface area contributed by atoms with Gasteiger partial charge in [0.25, 0.3) is 0 Å². The second-order valence-electron chi connectivity index (χ2n) is 7.45. The average molecular weight is 466 g/mol. The molecule has 0 aromatic heterocycles. The molecule has 0 heterocycles. The van der Waals surface area contributed by atoms with Gasteiger partial charge in [0, 0.05) is 18.6 Å². The number of nitrogens with one attached hydrogen (secondary N) is 1. The van der Waals surface area contributed by atoms with E-state index in [1.807, 2.05) is 6.07 Å². The van der Waals surface area contributed by atoms with Crippen LogP contribution in [0.5, 0.6) is 0 Å². The van der Waals surface area contributed by atoms with Gasteiger partial charge in [-0.05, 0) is 49.6 Å². The first kappa shape index (κ1) is 24.7. The fourth-order valence-electron chi connectivity index (χ4n) is 3.35. The van der Waals surface area contributed by atoms with Crippen LogP contribution in [0.4, 0.5) is 5.69 Å². The van der Waals surface area contributed by atoms with Crippen molar-refractivity contribution in [2.75, 3.05) is 24.2 Å². The molecule has 0 fully saturated rings. The minimum Gasteiger partial charge on any atom is -0.357 e. The van der Waals surface area contributed by atoms with E-state index in [-0.39, 0.29) is 12.5 Å². The van der Waals surface area contributed by atoms with Crippen molar-refractivity contribution in [3.8, 4) is 0 Å². The topological polar surface area (TPSA) is 86.8 Å². The van der Waals surface area contributed by atoms with E-state index < -0.39 is 28.5 Å². The second-order valence-corrected chi connectivity index (χ2v) is 9.79. The van der Waals surface area contributed by atoms with E-state index in [1.54, 1.807) is 57.2 Å². The molecule has 9 heteroatoms. The van der Waals surface area contributed by atoms with Crippen molar-refractivity contribution in [1.82, 2.24) is 10.2 Å². The van der Waals surface area contributed by atoms with Crippen molar-refractivity contribution in [2.45, 2.75) is 33.4 Å². The summed E-state index contributed by atoms with van der Waals surface area (Å²) >= 11 is 5.94. The molecular formula is C22H28ClN3O4S. The number of likely N-dealkylation sites (N-methyl/N-ethyl adjacent to an activating group) is 1. The number of anilines is 1. The maximum Gasteiger partial charge on any atom is 0.244 e. The van der Waals surface area contributed by atoms with Crippen LogP contribution in [0.15, 0.2) is 42.5 Å². The first-order valence-electron chi connectivity index (χ1n) is 9.75. The van der Waals surface area contributed by atoms with Crippen LogP contribution in [0.25, 0.3) is 0 Å². The first-order valence-corrected chi connectivity index (χ1v) is 12.0. The maximum atomic E-state index is 13.3. The molecule has 0 radical (unpaired) electrons. The van der Waals surface area contributed by atoms with E-state index in [0.29, 0.717) is 10.7 Å². The molecule has 1 unspecified atom stereocenters. The monoisotopic (exact) mass is 465 g/mol. The van der Waals surface area contributed by atoms with E-state index in [0.717, 1.165) is 27.3 Å². The van der Waals surface area contributed by atoms with Crippen LogP contribution in [0.1, 0.15) is 23.6 Å². The summed E-state index contributed by atoms with van der Waals surface area (Å²) in [7, 11) is -2.26. The Bertz CT molecular complexity index is 1030. The van der Waals surface area contributed by atoms with Crippen LogP contribution >= 0.6 is 11.6 Å². The fourth-order valence-corrected chi connectivity index (χ4v) is 4.44. The van der Waals surface area contributed by atoms with Crippen molar-refractivity contribution < 1.29 is 18.0 Å². The van der Waals surface area contributed by atoms with Crippen molar-refractivity contribution in [2.24, 2.45) is 0 Å². The molecule has 2 amide bonds. The smallest absolute Gasteiger partial charge is 0.244 e. The molecule has 2 aromatic carbocycles. The third-order valence-corrected chi connectivity index (χ3v) is 6.41. The Hall–Kier alpha value is -2.58. The number of nitrogens with zero attached hydrogens (tertiary/aromatic N) is 2. The molecular weight excluding hydrogens is 438 g/mol. The van der Waals surface area contributed by atoms with Crippen molar-refractivity contribution in [1.29, 1.82) is 0 Å². The highest BCUT2D eigenvalue weighted by atomic mass is 35.5. The minimum atomic E-state index is -3.75. The largest absolute Gasteiger partial charge is 0.357 e. The number of sulfonamides is 1. The lowest BCUT2D eigenvalue weighted by molar-refractivity contribution is -0.139. The van der Waals surface area contributed by atoms with E-state index in [1.165, 1.54) is 11.9 Å². The van der Waals surface area contributed by atoms with Crippen LogP contribution in [-0.2, 0) is 26.2 Å². The molecule has 168 valence electrons. The SMILES string of the molecule is CNC(=O)C(C)N(Cc1ccc(Cl)cc1)C(=O)CN(c1c(C)cccc1C)S(C)(=O)=O. The van der Waals surface area contributed by atoms with Crippen molar-refractivity contribution >= 4 is 39.1 Å². The normalized spacial score (nSPS) is 12.2. The predicted octanol–water partition coefficient (Wildman–Crippen LogP) is 2.89. The first-order chi connectivity index (χ1) is 14.5. The van der Waals surface area contributed by atoms with E-state index >= 15 is 0 Å². The Morgan fingerprint density at radius 1 is 1.06 bits per heavy atom. The Kier molecular flexibility index (Phi) is 8.08. The predicted molar refractivity (Wildman–Crippen MR) is 124 cm³/mol. The molecule has 0 bridgehead atoms. The van der Waals surface area contributed by atoms with Gasteiger partial charge >= 0.3 is 0 Å². The number of carbonyl (C=O) groups is 2. The minimum absolute atomic E-state index is 0.134. The molecule has 7 nitrogen and oxygen atoms in total. The fraction of sp³-hybridized carbons (Fsp3) is 0.364. The van der Waals surface area contributed by atoms with Crippen LogP contribution < -0.4 is 9.62 Å². The molecule has 1 atom stereocenters. The van der Waals surface area contributed by atoms with E-state index in [2.05, 4.69) is 5.32 Å². The lowest BCUT2D eigenvalue weighted by atomic mass is 10.1. The summed E-state index contributed by atoms with van der Waals surface area (Å²) in [5, 5.41) is 3.10. The van der Waals surface area contributed by atoms with Gasteiger partial charge in [0.05, 0.1) is 11.9 Å². The van der Waals surface area contributed by atoms with Gasteiger partial charge in [-0.2, -0.15) is 0 Å². The van der Waals surface area contributed by atoms with Crippen molar-refractivity contribution in [3.63, 3.8) is 0 Å². The summed E-state index contributed by atoms with van der Waals surface area (Å²) in [5.41, 5.74) is 2.72. The number of para-hydroxylation sites is 1. The summed E-state index contributed by atoms with van der Waals surface area (Å²) in [6.07, 6.45) is 1.07. The van der Waals surface area contributed by atoms with E-state index in [9.17, 15) is 18.0 Å². The van der Waals surface area contributed by atoms with Crippen molar-refractivity contribution in [3.05, 3.63) is 64.2 Å². The standard InChI is InChI=1S/C22H28ClN3O4S/c1-15-7-6-8-16(2)21(15)26(31(5,29)30)14-20(27)25(17(3)22(28)24-4)13-18-9-11-19(23)12-10-18/h6-12,17H,13-14H2,1-5H3,(H,24,28). The number of rotatable bonds is 8. The summed E-state index contributed by atoms with van der Waals surface area (Å²) in [6.45, 7) is 4.91. The van der Waals surface area contributed by atoms with Crippen LogP contribution in [0, 0.1) is 13.8 Å². The number of aryl methyl sites for hydroxylation is 2. The third kappa shape index (κ3) is 6.21. The number of amides is 2. The quantitative estimate of drug-likeness (QED) is 0.649. The molecule has 0 saturated carbocycles. The molecule has 0 aliphatic heterocycles. The van der Waals surface area contributed by atoms with Gasteiger partial charge in [-0.3, -0.25) is 13.9 Å². The molecule has 31 heavy (non-hydrogen) atoms. The number of hydrogen-bond acceptors (Lipinski definition) is 4. The Labute approximate surface area is 189 Å². The van der Waals surface area contributed by atoms with E-state index in [4.69, 9.17) is 11.6 Å². The molecule has 0 aliphatic carbocycles. The summed E-state index contributed by atoms with van der Waals surface area (Å²) < 4.78 is 26.3. The summed E-state index contributed by atoms with van der Waals surface area (Å²) in [5.74, 6) is -0.834. The molecule has 0 spiro atoms. The number of carbonyl (C=O) groups excluding carboxylic acids is 2. The second kappa shape index (κ2) is 10.2. The molecule has 0 aliphatic rings. The Balaban J connectivity index is 2.43. The molecule has 0 saturated heterocycles. The lowest BCUT2D eigenvalue weighted by Gasteiger charge is -2.32. The zero-order chi connectivity index (χ0) is 23.3. The molecule has 2 rings (SSSR count). The van der Waals surface area contributed by atoms with Gasteiger partial charge in [0.2, 0.25) is 21.8 Å². The zero-order valence-corrected chi connectivity index (χ0v) is 19.9. The van der Waals surface area contributed by atoms with Crippen LogP contribution in [-0.4, -0.2) is 51.0 Å². The van der Waals surface area contributed by atoms with Gasteiger partial charge in [-0.1, -0.05) is 41.9 Å². The number of halogens is 1. The van der Waals surface area contributed by atoms with Crippen LogP contribution in [0.3, 0.4) is 0 Å². The van der Waals surface area contributed by atoms with Gasteiger partial charge < -0.3 is 10.2 Å². The Morgan fingerprint density at radius 2 is 1.61 bits per heavy atom. The number of benzene rings is 2. The summed E-state index contributed by atoms with van der Waals surface area (Å²) in [6, 6.07) is 11.5. The number of hydrogen-bond donors (Lipinski definition) is 1. The highest BCUT2D eigenvalue weighted by Gasteiger charge is 2.30. The molecule has 1 N–H and O–H groups in total. The summed E-state index contributed by atoms with van der Waals surface area (Å²) in [4.78, 5) is 27.0. The third-order valence-electron chi connectivity index (χ3n) is 5.05. The maximum absolute atomic E-state index is 13.3. The van der Waals surface area contributed by atoms with Gasteiger partial charge in [0.15, 0.2) is 0 Å².